The highest BCUT2D eigenvalue weighted by molar-refractivity contribution is 5.74. The second kappa shape index (κ2) is 5.59. The summed E-state index contributed by atoms with van der Waals surface area (Å²) in [5.74, 6) is 0. The zero-order valence-corrected chi connectivity index (χ0v) is 11.2. The molecule has 1 aliphatic carbocycles. The summed E-state index contributed by atoms with van der Waals surface area (Å²) in [6.07, 6.45) is 10.6. The average Bonchev–Trinajstić information content (AvgIpc) is 3.11. The molecule has 0 spiro atoms. The van der Waals surface area contributed by atoms with Gasteiger partial charge in [0.1, 0.15) is 0 Å². The van der Waals surface area contributed by atoms with Crippen LogP contribution < -0.4 is 5.32 Å². The van der Waals surface area contributed by atoms with E-state index in [-0.39, 0.29) is 12.1 Å². The van der Waals surface area contributed by atoms with Crippen LogP contribution in [0.5, 0.6) is 0 Å². The molecule has 1 atom stereocenters. The Balaban J connectivity index is 1.51. The number of hydrogen-bond donors (Lipinski definition) is 1. The van der Waals surface area contributed by atoms with Crippen molar-refractivity contribution in [3.05, 3.63) is 12.4 Å². The molecule has 0 radical (unpaired) electrons. The molecule has 1 aromatic heterocycles. The number of hydrogen-bond acceptors (Lipinski definition) is 3. The van der Waals surface area contributed by atoms with Gasteiger partial charge in [-0.15, -0.1) is 5.10 Å². The largest absolute Gasteiger partial charge is 0.335 e. The van der Waals surface area contributed by atoms with Crippen LogP contribution in [0.15, 0.2) is 12.4 Å². The van der Waals surface area contributed by atoms with E-state index in [2.05, 4.69) is 15.6 Å². The smallest absolute Gasteiger partial charge is 0.317 e. The molecule has 0 bridgehead atoms. The van der Waals surface area contributed by atoms with Gasteiger partial charge in [0.2, 0.25) is 0 Å². The number of carbonyl (C=O) groups excluding carboxylic acids is 1. The van der Waals surface area contributed by atoms with Gasteiger partial charge in [0.15, 0.2) is 0 Å². The third-order valence-corrected chi connectivity index (χ3v) is 4.20. The van der Waals surface area contributed by atoms with E-state index in [0.717, 1.165) is 32.4 Å². The van der Waals surface area contributed by atoms with E-state index < -0.39 is 0 Å². The summed E-state index contributed by atoms with van der Waals surface area (Å²) in [4.78, 5) is 14.1. The van der Waals surface area contributed by atoms with Gasteiger partial charge in [0.05, 0.1) is 12.2 Å². The summed E-state index contributed by atoms with van der Waals surface area (Å²) in [7, 11) is 0. The van der Waals surface area contributed by atoms with Gasteiger partial charge >= 0.3 is 6.03 Å². The fourth-order valence-electron chi connectivity index (χ4n) is 3.07. The Morgan fingerprint density at radius 3 is 2.79 bits per heavy atom. The van der Waals surface area contributed by atoms with Gasteiger partial charge in [-0.05, 0) is 19.3 Å². The summed E-state index contributed by atoms with van der Waals surface area (Å²) in [6.45, 7) is 1.55. The van der Waals surface area contributed by atoms with Crippen LogP contribution in [0.4, 0.5) is 4.79 Å². The molecule has 2 aliphatic rings. The number of nitrogens with zero attached hydrogens (tertiary/aromatic N) is 4. The van der Waals surface area contributed by atoms with E-state index in [1.165, 1.54) is 19.3 Å². The number of nitrogens with one attached hydrogen (secondary N) is 1. The van der Waals surface area contributed by atoms with Crippen LogP contribution in [0, 0.1) is 0 Å². The Kier molecular flexibility index (Phi) is 3.66. The van der Waals surface area contributed by atoms with Gasteiger partial charge in [0.25, 0.3) is 0 Å². The molecular weight excluding hydrogens is 242 g/mol. The topological polar surface area (TPSA) is 63.1 Å². The van der Waals surface area contributed by atoms with Crippen molar-refractivity contribution in [1.82, 2.24) is 25.2 Å². The normalized spacial score (nSPS) is 24.6. The number of carbonyl (C=O) groups is 1. The molecule has 2 heterocycles. The second-order valence-electron chi connectivity index (χ2n) is 5.56. The molecule has 3 rings (SSSR count). The summed E-state index contributed by atoms with van der Waals surface area (Å²) in [5, 5.41) is 11.0. The molecular formula is C13H21N5O. The number of rotatable bonds is 2. The van der Waals surface area contributed by atoms with Crippen LogP contribution in [-0.2, 0) is 0 Å². The highest BCUT2D eigenvalue weighted by Gasteiger charge is 2.29. The van der Waals surface area contributed by atoms with Crippen LogP contribution in [-0.4, -0.2) is 45.1 Å². The Labute approximate surface area is 113 Å². The van der Waals surface area contributed by atoms with Crippen LogP contribution in [0.2, 0.25) is 0 Å². The number of likely N-dealkylation sites (tertiary alicyclic amines) is 1. The van der Waals surface area contributed by atoms with E-state index in [1.807, 2.05) is 15.8 Å². The van der Waals surface area contributed by atoms with Crippen molar-refractivity contribution in [2.24, 2.45) is 0 Å². The van der Waals surface area contributed by atoms with Gasteiger partial charge in [-0.1, -0.05) is 24.5 Å². The third kappa shape index (κ3) is 2.88. The fraction of sp³-hybridized carbons (Fsp3) is 0.769. The zero-order valence-electron chi connectivity index (χ0n) is 11.2. The van der Waals surface area contributed by atoms with Crippen LogP contribution in [0.25, 0.3) is 0 Å². The first kappa shape index (κ1) is 12.4. The first-order valence-corrected chi connectivity index (χ1v) is 7.24. The van der Waals surface area contributed by atoms with Gasteiger partial charge in [-0.2, -0.15) is 0 Å². The van der Waals surface area contributed by atoms with Crippen molar-refractivity contribution >= 4 is 6.03 Å². The fourth-order valence-corrected chi connectivity index (χ4v) is 3.07. The van der Waals surface area contributed by atoms with Crippen molar-refractivity contribution < 1.29 is 4.79 Å². The first-order chi connectivity index (χ1) is 9.33. The zero-order chi connectivity index (χ0) is 13.1. The standard InChI is InChI=1S/C13H21N5O/c19-13(15-11-4-2-1-3-5-11)17-8-6-12(10-17)18-9-7-14-16-18/h7,9,11-12H,1-6,8,10H2,(H,15,19). The van der Waals surface area contributed by atoms with Crippen molar-refractivity contribution in [1.29, 1.82) is 0 Å². The Hall–Kier alpha value is -1.59. The predicted octanol–water partition coefficient (Wildman–Crippen LogP) is 1.57. The average molecular weight is 263 g/mol. The van der Waals surface area contributed by atoms with Crippen LogP contribution >= 0.6 is 0 Å². The second-order valence-corrected chi connectivity index (χ2v) is 5.56. The molecule has 2 fully saturated rings. The quantitative estimate of drug-likeness (QED) is 0.881. The van der Waals surface area contributed by atoms with E-state index in [4.69, 9.17) is 0 Å². The molecule has 2 amide bonds. The third-order valence-electron chi connectivity index (χ3n) is 4.20. The predicted molar refractivity (Wildman–Crippen MR) is 70.7 cm³/mol. The molecule has 19 heavy (non-hydrogen) atoms. The Morgan fingerprint density at radius 2 is 2.05 bits per heavy atom. The van der Waals surface area contributed by atoms with Crippen molar-refractivity contribution in [2.45, 2.75) is 50.6 Å². The molecule has 1 saturated carbocycles. The van der Waals surface area contributed by atoms with E-state index >= 15 is 0 Å². The van der Waals surface area contributed by atoms with Crippen molar-refractivity contribution in [2.75, 3.05) is 13.1 Å². The van der Waals surface area contributed by atoms with E-state index in [1.54, 1.807) is 6.20 Å². The summed E-state index contributed by atoms with van der Waals surface area (Å²) < 4.78 is 1.86. The molecule has 0 aromatic carbocycles. The lowest BCUT2D eigenvalue weighted by Crippen LogP contribution is -2.44. The maximum absolute atomic E-state index is 12.2. The van der Waals surface area contributed by atoms with E-state index in [9.17, 15) is 4.79 Å². The lowest BCUT2D eigenvalue weighted by molar-refractivity contribution is 0.198. The molecule has 104 valence electrons. The highest BCUT2D eigenvalue weighted by atomic mass is 16.2. The Bertz CT molecular complexity index is 413. The minimum atomic E-state index is 0.0921. The van der Waals surface area contributed by atoms with Gasteiger partial charge in [-0.3, -0.25) is 0 Å². The summed E-state index contributed by atoms with van der Waals surface area (Å²) in [6, 6.07) is 0.751. The summed E-state index contributed by atoms with van der Waals surface area (Å²) >= 11 is 0. The summed E-state index contributed by atoms with van der Waals surface area (Å²) in [5.41, 5.74) is 0. The maximum Gasteiger partial charge on any atom is 0.317 e. The lowest BCUT2D eigenvalue weighted by atomic mass is 9.96. The SMILES string of the molecule is O=C(NC1CCCCC1)N1CCC(n2ccnn2)C1. The molecule has 6 nitrogen and oxygen atoms in total. The van der Waals surface area contributed by atoms with Crippen LogP contribution in [0.3, 0.4) is 0 Å². The van der Waals surface area contributed by atoms with E-state index in [0.29, 0.717) is 6.04 Å². The van der Waals surface area contributed by atoms with Crippen LogP contribution in [0.1, 0.15) is 44.6 Å². The minimum Gasteiger partial charge on any atom is -0.335 e. The van der Waals surface area contributed by atoms with Gasteiger partial charge in [0, 0.05) is 25.3 Å². The van der Waals surface area contributed by atoms with Gasteiger partial charge in [-0.25, -0.2) is 9.48 Å². The lowest BCUT2D eigenvalue weighted by Gasteiger charge is -2.26. The first-order valence-electron chi connectivity index (χ1n) is 7.24. The molecule has 1 aromatic rings. The van der Waals surface area contributed by atoms with Gasteiger partial charge < -0.3 is 10.2 Å². The molecule has 1 saturated heterocycles. The monoisotopic (exact) mass is 263 g/mol. The minimum absolute atomic E-state index is 0.0921. The maximum atomic E-state index is 12.2. The number of urea groups is 1. The molecule has 6 heteroatoms. The number of aromatic nitrogens is 3. The molecule has 1 N–H and O–H groups in total. The number of amides is 2. The molecule has 1 unspecified atom stereocenters. The molecule has 1 aliphatic heterocycles. The van der Waals surface area contributed by atoms with Crippen molar-refractivity contribution in [3.63, 3.8) is 0 Å². The van der Waals surface area contributed by atoms with Crippen molar-refractivity contribution in [3.8, 4) is 0 Å². The highest BCUT2D eigenvalue weighted by Crippen LogP contribution is 2.21. The Morgan fingerprint density at radius 1 is 1.21 bits per heavy atom.